The fraction of sp³-hybridized carbons (Fsp3) is 0.615. The molecule has 1 aromatic rings. The van der Waals surface area contributed by atoms with Crippen LogP contribution in [0.5, 0.6) is 6.01 Å². The second kappa shape index (κ2) is 4.96. The van der Waals surface area contributed by atoms with Gasteiger partial charge in [-0.25, -0.2) is 0 Å². The van der Waals surface area contributed by atoms with Crippen LogP contribution in [0.15, 0.2) is 0 Å². The number of aromatic amines is 1. The van der Waals surface area contributed by atoms with Crippen LogP contribution in [0.4, 0.5) is 0 Å². The maximum atomic E-state index is 9.66. The molecule has 0 spiro atoms. The van der Waals surface area contributed by atoms with E-state index in [0.29, 0.717) is 19.2 Å². The van der Waals surface area contributed by atoms with E-state index in [0.717, 1.165) is 17.1 Å². The topological polar surface area (TPSA) is 76.6 Å². The third-order valence-electron chi connectivity index (χ3n) is 3.43. The van der Waals surface area contributed by atoms with Crippen LogP contribution in [0.1, 0.15) is 13.3 Å². The molecule has 6 heteroatoms. The van der Waals surface area contributed by atoms with E-state index in [-0.39, 0.29) is 18.3 Å². The first-order valence-corrected chi connectivity index (χ1v) is 6.52. The van der Waals surface area contributed by atoms with Gasteiger partial charge >= 0.3 is 0 Å². The minimum atomic E-state index is -0.567. The molecule has 0 unspecified atom stereocenters. The van der Waals surface area contributed by atoms with E-state index in [1.54, 1.807) is 0 Å². The zero-order valence-corrected chi connectivity index (χ0v) is 10.8. The molecule has 2 N–H and O–H groups in total. The lowest BCUT2D eigenvalue weighted by molar-refractivity contribution is 0.00695. The number of ether oxygens (including phenoxy) is 3. The number of hydrogen-bond donors (Lipinski definition) is 2. The summed E-state index contributed by atoms with van der Waals surface area (Å²) in [6.07, 6.45) is 1.53. The van der Waals surface area contributed by atoms with Gasteiger partial charge in [0.25, 0.3) is 6.01 Å². The van der Waals surface area contributed by atoms with E-state index < -0.39 is 6.10 Å². The minimum absolute atomic E-state index is 0.230. The predicted molar refractivity (Wildman–Crippen MR) is 68.0 cm³/mol. The summed E-state index contributed by atoms with van der Waals surface area (Å²) in [6.45, 7) is 6.61. The number of imidazole rings is 1. The van der Waals surface area contributed by atoms with E-state index >= 15 is 0 Å². The summed E-state index contributed by atoms with van der Waals surface area (Å²) in [5.41, 5.74) is 0. The molecule has 0 amide bonds. The third-order valence-corrected chi connectivity index (χ3v) is 3.43. The number of H-pyrrole nitrogens is 1. The van der Waals surface area contributed by atoms with E-state index in [1.807, 2.05) is 13.0 Å². The monoisotopic (exact) mass is 266 g/mol. The summed E-state index contributed by atoms with van der Waals surface area (Å²) in [5, 5.41) is 11.2. The number of fused-ring (bicyclic) bond motifs is 1. The Hall–Kier alpha value is -1.37. The highest BCUT2D eigenvalue weighted by Gasteiger charge is 2.48. The summed E-state index contributed by atoms with van der Waals surface area (Å²) in [6, 6.07) is 0.420. The number of rotatable bonds is 3. The first-order valence-electron chi connectivity index (χ1n) is 6.52. The van der Waals surface area contributed by atoms with Crippen molar-refractivity contribution < 1.29 is 19.3 Å². The van der Waals surface area contributed by atoms with Gasteiger partial charge in [0, 0.05) is 0 Å². The Kier molecular flexibility index (Phi) is 3.30. The maximum absolute atomic E-state index is 9.66. The molecule has 6 nitrogen and oxygen atoms in total. The summed E-state index contributed by atoms with van der Waals surface area (Å²) in [5.74, 6) is 0. The molecule has 104 valence electrons. The van der Waals surface area contributed by atoms with Crippen LogP contribution in [0.3, 0.4) is 0 Å². The van der Waals surface area contributed by atoms with Gasteiger partial charge < -0.3 is 24.3 Å². The number of hydrogen-bond acceptors (Lipinski definition) is 5. The molecule has 2 saturated heterocycles. The second-order valence-corrected chi connectivity index (χ2v) is 4.84. The molecule has 3 rings (SSSR count). The Balaban J connectivity index is 1.74. The van der Waals surface area contributed by atoms with Gasteiger partial charge in [-0.3, -0.25) is 0 Å². The zero-order valence-electron chi connectivity index (χ0n) is 10.8. The number of nitrogens with one attached hydrogen (secondary N) is 1. The van der Waals surface area contributed by atoms with Gasteiger partial charge in [0.05, 0.1) is 23.9 Å². The molecule has 0 aromatic carbocycles. The molecule has 2 aliphatic rings. The molecular weight excluding hydrogens is 248 g/mol. The van der Waals surface area contributed by atoms with Crippen LogP contribution in [-0.2, 0) is 9.47 Å². The molecule has 19 heavy (non-hydrogen) atoms. The maximum Gasteiger partial charge on any atom is 0.295 e. The Morgan fingerprint density at radius 3 is 3.05 bits per heavy atom. The molecule has 0 bridgehead atoms. The Morgan fingerprint density at radius 1 is 1.47 bits per heavy atom. The average molecular weight is 266 g/mol. The lowest BCUT2D eigenvalue weighted by atomic mass is 10.1. The van der Waals surface area contributed by atoms with Crippen molar-refractivity contribution in [1.82, 2.24) is 9.97 Å². The molecule has 0 saturated carbocycles. The number of nitrogens with zero attached hydrogens (tertiary/aromatic N) is 1. The summed E-state index contributed by atoms with van der Waals surface area (Å²) < 4.78 is 16.7. The second-order valence-electron chi connectivity index (χ2n) is 4.84. The highest BCUT2D eigenvalue weighted by molar-refractivity contribution is 5.20. The fourth-order valence-corrected chi connectivity index (χ4v) is 2.50. The highest BCUT2D eigenvalue weighted by atomic mass is 16.6. The van der Waals surface area contributed by atoms with Gasteiger partial charge in [0.1, 0.15) is 18.3 Å². The van der Waals surface area contributed by atoms with Crippen LogP contribution in [0.2, 0.25) is 0 Å². The van der Waals surface area contributed by atoms with E-state index in [2.05, 4.69) is 16.5 Å². The van der Waals surface area contributed by atoms with Crippen molar-refractivity contribution in [3.05, 3.63) is 10.7 Å². The lowest BCUT2D eigenvalue weighted by Gasteiger charge is -2.15. The summed E-state index contributed by atoms with van der Waals surface area (Å²) in [7, 11) is 0. The Labute approximate surface area is 110 Å². The molecule has 3 heterocycles. The molecule has 2 aliphatic heterocycles. The molecule has 2 fully saturated rings. The lowest BCUT2D eigenvalue weighted by Crippen LogP contribution is -2.34. The van der Waals surface area contributed by atoms with Crippen molar-refractivity contribution in [3.63, 3.8) is 0 Å². The van der Waals surface area contributed by atoms with Crippen LogP contribution >= 0.6 is 0 Å². The Bertz CT molecular complexity index is 555. The van der Waals surface area contributed by atoms with Crippen LogP contribution in [-0.4, -0.2) is 52.7 Å². The average Bonchev–Trinajstić information content (AvgIpc) is 3.02. The van der Waals surface area contributed by atoms with Crippen molar-refractivity contribution in [2.75, 3.05) is 13.2 Å². The fourth-order valence-electron chi connectivity index (χ4n) is 2.50. The van der Waals surface area contributed by atoms with E-state index in [9.17, 15) is 5.11 Å². The standard InChI is InChI=1S/C13H18N2O4/c1-3-4-8-7(2)14-13(15-8)19-10-6-18-11-9(16)5-17-12(10)11/h4,9-12,16H,2-3,5-6H2,1H3,(H,14,15)/b8-4+/t9-,10-,11-,12-/m1/s1. The number of aliphatic hydroxyl groups is 1. The first-order chi connectivity index (χ1) is 9.19. The molecule has 0 aliphatic carbocycles. The smallest absolute Gasteiger partial charge is 0.295 e. The van der Waals surface area contributed by atoms with Gasteiger partial charge in [-0.2, -0.15) is 4.98 Å². The van der Waals surface area contributed by atoms with Crippen LogP contribution in [0, 0.1) is 0 Å². The molecule has 1 aromatic heterocycles. The summed E-state index contributed by atoms with van der Waals surface area (Å²) >= 11 is 0. The summed E-state index contributed by atoms with van der Waals surface area (Å²) in [4.78, 5) is 7.32. The van der Waals surface area contributed by atoms with Crippen molar-refractivity contribution in [1.29, 1.82) is 0 Å². The van der Waals surface area contributed by atoms with Gasteiger partial charge in [-0.1, -0.05) is 19.6 Å². The van der Waals surface area contributed by atoms with Crippen LogP contribution in [0.25, 0.3) is 12.7 Å². The largest absolute Gasteiger partial charge is 0.456 e. The SMILES string of the molecule is C=c1[nH]c(O[C@@H]2CO[C@H]3[C@@H]2OC[C@H]3O)n/c1=C/CC. The van der Waals surface area contributed by atoms with Crippen molar-refractivity contribution in [3.8, 4) is 6.01 Å². The molecular formula is C13H18N2O4. The zero-order chi connectivity index (χ0) is 13.4. The Morgan fingerprint density at radius 2 is 2.26 bits per heavy atom. The van der Waals surface area contributed by atoms with Gasteiger partial charge in [0.2, 0.25) is 0 Å². The third kappa shape index (κ3) is 2.27. The van der Waals surface area contributed by atoms with Crippen LogP contribution < -0.4 is 15.4 Å². The predicted octanol–water partition coefficient (Wildman–Crippen LogP) is -1.08. The van der Waals surface area contributed by atoms with Gasteiger partial charge in [-0.15, -0.1) is 0 Å². The van der Waals surface area contributed by atoms with E-state index in [1.165, 1.54) is 0 Å². The van der Waals surface area contributed by atoms with E-state index in [4.69, 9.17) is 14.2 Å². The normalized spacial score (nSPS) is 34.7. The quantitative estimate of drug-likeness (QED) is 0.727. The van der Waals surface area contributed by atoms with Gasteiger partial charge in [-0.05, 0) is 6.42 Å². The number of aliphatic hydroxyl groups excluding tert-OH is 1. The van der Waals surface area contributed by atoms with Crippen molar-refractivity contribution in [2.24, 2.45) is 0 Å². The van der Waals surface area contributed by atoms with Crippen molar-refractivity contribution >= 4 is 12.7 Å². The minimum Gasteiger partial charge on any atom is -0.456 e. The highest BCUT2D eigenvalue weighted by Crippen LogP contribution is 2.28. The molecule has 4 atom stereocenters. The first kappa shape index (κ1) is 12.7. The van der Waals surface area contributed by atoms with Gasteiger partial charge in [0.15, 0.2) is 6.10 Å². The molecule has 0 radical (unpaired) electrons. The number of aromatic nitrogens is 2. The van der Waals surface area contributed by atoms with Crippen molar-refractivity contribution in [2.45, 2.75) is 37.8 Å².